The van der Waals surface area contributed by atoms with Gasteiger partial charge in [0.15, 0.2) is 0 Å². The maximum Gasteiger partial charge on any atom is 0.319 e. The second-order valence-corrected chi connectivity index (χ2v) is 11.7. The molecule has 2 N–H and O–H groups in total. The molecule has 3 rings (SSSR count). The minimum atomic E-state index is -0.900. The van der Waals surface area contributed by atoms with E-state index in [9.17, 15) is 14.7 Å². The summed E-state index contributed by atoms with van der Waals surface area (Å²) in [6.45, 7) is 17.3. The lowest BCUT2D eigenvalue weighted by molar-refractivity contribution is -0.138. The molecule has 0 spiro atoms. The molecule has 2 aromatic carbocycles. The molecule has 0 saturated heterocycles. The molecule has 1 heterocycles. The molecule has 0 fully saturated rings. The van der Waals surface area contributed by atoms with Crippen molar-refractivity contribution in [1.82, 2.24) is 4.98 Å². The number of thiazole rings is 1. The third kappa shape index (κ3) is 11.4. The number of carbonyl (C=O) groups excluding carboxylic acids is 1. The minimum absolute atomic E-state index is 0.243. The van der Waals surface area contributed by atoms with Crippen LogP contribution < -0.4 is 5.32 Å². The zero-order valence-electron chi connectivity index (χ0n) is 23.0. The molecular formula is C30H40N2O3S2. The van der Waals surface area contributed by atoms with E-state index in [0.717, 1.165) is 33.5 Å². The molecule has 3 aromatic rings. The fourth-order valence-electron chi connectivity index (χ4n) is 2.53. The summed E-state index contributed by atoms with van der Waals surface area (Å²) in [7, 11) is 0. The molecule has 7 heteroatoms. The van der Waals surface area contributed by atoms with E-state index >= 15 is 0 Å². The van der Waals surface area contributed by atoms with Gasteiger partial charge in [-0.05, 0) is 62.9 Å². The van der Waals surface area contributed by atoms with Crippen molar-refractivity contribution in [1.29, 1.82) is 0 Å². The van der Waals surface area contributed by atoms with Crippen LogP contribution in [-0.2, 0) is 11.2 Å². The van der Waals surface area contributed by atoms with Gasteiger partial charge in [-0.3, -0.25) is 9.59 Å². The van der Waals surface area contributed by atoms with Crippen molar-refractivity contribution in [2.24, 2.45) is 5.92 Å². The number of allylic oxidation sites excluding steroid dienone is 1. The van der Waals surface area contributed by atoms with E-state index in [2.05, 4.69) is 44.6 Å². The summed E-state index contributed by atoms with van der Waals surface area (Å²) in [5.41, 5.74) is 3.21. The Hall–Kier alpha value is -2.90. The zero-order chi connectivity index (χ0) is 28.0. The summed E-state index contributed by atoms with van der Waals surface area (Å²) < 4.78 is -0.900. The Kier molecular flexibility index (Phi) is 13.9. The molecule has 0 aliphatic heterocycles. The van der Waals surface area contributed by atoms with Crippen LogP contribution in [0.3, 0.4) is 0 Å². The van der Waals surface area contributed by atoms with Gasteiger partial charge >= 0.3 is 5.97 Å². The van der Waals surface area contributed by atoms with Gasteiger partial charge in [-0.2, -0.15) is 0 Å². The topological polar surface area (TPSA) is 79.3 Å². The lowest BCUT2D eigenvalue weighted by atomic mass is 10.1. The average molecular weight is 541 g/mol. The number of aromatic nitrogens is 1. The molecular weight excluding hydrogens is 500 g/mol. The van der Waals surface area contributed by atoms with Gasteiger partial charge in [0.2, 0.25) is 0 Å². The molecule has 1 amide bonds. The van der Waals surface area contributed by atoms with Gasteiger partial charge in [-0.15, -0.1) is 29.7 Å². The maximum absolute atomic E-state index is 12.5. The smallest absolute Gasteiger partial charge is 0.319 e. The monoisotopic (exact) mass is 540 g/mol. The number of rotatable bonds is 8. The standard InChI is InChI=1S/C22H22N2O3S2.C5H12.C3H6/c1-4-14-5-9-16(10-6-14)23-19(25)18-13-28-20(24-18)15-7-11-17(12-8-15)29-22(2,3)21(26)27;1-4-5(2)3;1-3-2/h5-13H,4H2,1-3H3,(H,23,25)(H,26,27);5H,4H2,1-3H3;3H,1H2,2H3. The van der Waals surface area contributed by atoms with Crippen molar-refractivity contribution in [3.63, 3.8) is 0 Å². The minimum Gasteiger partial charge on any atom is -0.480 e. The van der Waals surface area contributed by atoms with Crippen molar-refractivity contribution in [3.8, 4) is 10.6 Å². The molecule has 0 bridgehead atoms. The van der Waals surface area contributed by atoms with Gasteiger partial charge in [0, 0.05) is 21.5 Å². The van der Waals surface area contributed by atoms with Crippen LogP contribution in [0.5, 0.6) is 0 Å². The highest BCUT2D eigenvalue weighted by atomic mass is 32.2. The van der Waals surface area contributed by atoms with Crippen LogP contribution in [0.1, 0.15) is 70.9 Å². The summed E-state index contributed by atoms with van der Waals surface area (Å²) in [6.07, 6.45) is 4.01. The summed E-state index contributed by atoms with van der Waals surface area (Å²) in [6, 6.07) is 15.3. The normalized spacial score (nSPS) is 10.5. The van der Waals surface area contributed by atoms with E-state index in [4.69, 9.17) is 0 Å². The van der Waals surface area contributed by atoms with E-state index in [1.165, 1.54) is 35.1 Å². The van der Waals surface area contributed by atoms with Crippen LogP contribution in [-0.4, -0.2) is 26.7 Å². The third-order valence-corrected chi connectivity index (χ3v) is 7.25. The van der Waals surface area contributed by atoms with Crippen LogP contribution in [0.15, 0.2) is 71.5 Å². The number of nitrogens with one attached hydrogen (secondary N) is 1. The lowest BCUT2D eigenvalue weighted by Crippen LogP contribution is -2.26. The van der Waals surface area contributed by atoms with E-state index in [1.807, 2.05) is 55.5 Å². The van der Waals surface area contributed by atoms with Crippen LogP contribution in [0.2, 0.25) is 0 Å². The van der Waals surface area contributed by atoms with Crippen LogP contribution >= 0.6 is 23.1 Å². The Morgan fingerprint density at radius 3 is 2.11 bits per heavy atom. The summed E-state index contributed by atoms with van der Waals surface area (Å²) in [5, 5.41) is 14.6. The lowest BCUT2D eigenvalue weighted by Gasteiger charge is -2.18. The van der Waals surface area contributed by atoms with Crippen LogP contribution in [0, 0.1) is 5.92 Å². The molecule has 0 aliphatic rings. The third-order valence-electron chi connectivity index (χ3n) is 5.16. The summed E-state index contributed by atoms with van der Waals surface area (Å²) >= 11 is 2.69. The van der Waals surface area contributed by atoms with E-state index in [0.29, 0.717) is 5.69 Å². The van der Waals surface area contributed by atoms with Gasteiger partial charge in [0.1, 0.15) is 15.4 Å². The molecule has 200 valence electrons. The molecule has 0 aliphatic carbocycles. The summed E-state index contributed by atoms with van der Waals surface area (Å²) in [5.74, 6) is -0.214. The number of aryl methyl sites for hydroxylation is 1. The zero-order valence-corrected chi connectivity index (χ0v) is 24.6. The Bertz CT molecular complexity index is 1120. The number of aliphatic carboxylic acids is 1. The molecule has 5 nitrogen and oxygen atoms in total. The Labute approximate surface area is 230 Å². The van der Waals surface area contributed by atoms with Crippen LogP contribution in [0.25, 0.3) is 10.6 Å². The highest BCUT2D eigenvalue weighted by Crippen LogP contribution is 2.34. The Morgan fingerprint density at radius 1 is 1.11 bits per heavy atom. The first-order chi connectivity index (χ1) is 17.5. The largest absolute Gasteiger partial charge is 0.480 e. The van der Waals surface area contributed by atoms with Gasteiger partial charge in [-0.25, -0.2) is 4.98 Å². The number of amides is 1. The fraction of sp³-hybridized carbons (Fsp3) is 0.367. The van der Waals surface area contributed by atoms with Gasteiger partial charge < -0.3 is 10.4 Å². The first-order valence-electron chi connectivity index (χ1n) is 12.4. The fourth-order valence-corrected chi connectivity index (χ4v) is 4.29. The number of thioether (sulfide) groups is 1. The molecule has 37 heavy (non-hydrogen) atoms. The average Bonchev–Trinajstić information content (AvgIpc) is 3.36. The number of hydrogen-bond acceptors (Lipinski definition) is 5. The number of nitrogens with zero attached hydrogens (tertiary/aromatic N) is 1. The molecule has 0 saturated carbocycles. The SMILES string of the molecule is C=CC.CCC(C)C.CCc1ccc(NC(=O)c2csc(-c3ccc(SC(C)(C)C(=O)O)cc3)n2)cc1. The number of carboxylic acid groups (broad SMARTS) is 1. The van der Waals surface area contributed by atoms with Crippen molar-refractivity contribution in [2.45, 2.75) is 71.0 Å². The highest BCUT2D eigenvalue weighted by Gasteiger charge is 2.28. The molecule has 0 unspecified atom stereocenters. The van der Waals surface area contributed by atoms with Gasteiger partial charge in [0.05, 0.1) is 0 Å². The number of anilines is 1. The highest BCUT2D eigenvalue weighted by molar-refractivity contribution is 8.01. The number of hydrogen-bond donors (Lipinski definition) is 2. The molecule has 1 aromatic heterocycles. The van der Waals surface area contributed by atoms with Crippen LogP contribution in [0.4, 0.5) is 5.69 Å². The van der Waals surface area contributed by atoms with Crippen molar-refractivity contribution in [3.05, 3.63) is 77.8 Å². The van der Waals surface area contributed by atoms with E-state index in [1.54, 1.807) is 25.3 Å². The Balaban J connectivity index is 0.000000751. The first-order valence-corrected chi connectivity index (χ1v) is 14.1. The van der Waals surface area contributed by atoms with Gasteiger partial charge in [-0.1, -0.05) is 64.5 Å². The van der Waals surface area contributed by atoms with Crippen molar-refractivity contribution >= 4 is 40.7 Å². The number of carbonyl (C=O) groups is 2. The predicted octanol–water partition coefficient (Wildman–Crippen LogP) is 8.82. The van der Waals surface area contributed by atoms with Gasteiger partial charge in [0.25, 0.3) is 5.91 Å². The van der Waals surface area contributed by atoms with E-state index < -0.39 is 10.7 Å². The number of carboxylic acids is 1. The first kappa shape index (κ1) is 32.1. The quantitative estimate of drug-likeness (QED) is 0.220. The number of benzene rings is 2. The second-order valence-electron chi connectivity index (χ2n) is 9.19. The van der Waals surface area contributed by atoms with Crippen molar-refractivity contribution < 1.29 is 14.7 Å². The summed E-state index contributed by atoms with van der Waals surface area (Å²) in [4.78, 5) is 29.1. The van der Waals surface area contributed by atoms with Crippen molar-refractivity contribution in [2.75, 3.05) is 5.32 Å². The second kappa shape index (κ2) is 16.0. The predicted molar refractivity (Wildman–Crippen MR) is 160 cm³/mol. The molecule has 0 atom stereocenters. The molecule has 0 radical (unpaired) electrons. The maximum atomic E-state index is 12.5. The van der Waals surface area contributed by atoms with E-state index in [-0.39, 0.29) is 5.91 Å². The Morgan fingerprint density at radius 2 is 1.65 bits per heavy atom.